The second-order valence-electron chi connectivity index (χ2n) is 11.7. The molecule has 0 saturated carbocycles. The van der Waals surface area contributed by atoms with Crippen LogP contribution in [0.4, 0.5) is 0 Å². The van der Waals surface area contributed by atoms with Gasteiger partial charge in [-0.05, 0) is 94.2 Å². The first-order chi connectivity index (χ1) is 17.7. The standard InChI is InChI=1S/C27H50N2O4Si5/c1-9-37(8,31-35(4,5)25-17-23-29)33-38(26-18-12-10-13-19-26,27-20-14-11-15-21-27)32-36(6,7)30-34(2,3)24-16-22-28/h9-15,18-21H,1,16-17,22-25,28-29H2,2-8H3. The van der Waals surface area contributed by atoms with Gasteiger partial charge in [0, 0.05) is 0 Å². The van der Waals surface area contributed by atoms with E-state index in [1.54, 1.807) is 0 Å². The van der Waals surface area contributed by atoms with Crippen molar-refractivity contribution in [2.45, 2.75) is 70.8 Å². The van der Waals surface area contributed by atoms with Gasteiger partial charge in [0.05, 0.1) is 0 Å². The molecule has 38 heavy (non-hydrogen) atoms. The molecule has 0 amide bonds. The Hall–Kier alpha value is -0.976. The molecule has 0 aliphatic rings. The summed E-state index contributed by atoms with van der Waals surface area (Å²) < 4.78 is 28.6. The number of hydrogen-bond donors (Lipinski definition) is 2. The Bertz CT molecular complexity index is 956. The first-order valence-corrected chi connectivity index (χ1v) is 26.9. The van der Waals surface area contributed by atoms with Gasteiger partial charge in [-0.1, -0.05) is 66.4 Å². The Balaban J connectivity index is 2.65. The molecule has 0 spiro atoms. The van der Waals surface area contributed by atoms with E-state index in [9.17, 15) is 0 Å². The van der Waals surface area contributed by atoms with Gasteiger partial charge in [-0.25, -0.2) is 0 Å². The van der Waals surface area contributed by atoms with Gasteiger partial charge in [0.1, 0.15) is 0 Å². The highest BCUT2D eigenvalue weighted by atomic mass is 28.5. The van der Waals surface area contributed by atoms with E-state index in [0.717, 1.165) is 35.3 Å². The van der Waals surface area contributed by atoms with Crippen molar-refractivity contribution in [3.8, 4) is 0 Å². The highest BCUT2D eigenvalue weighted by Gasteiger charge is 2.54. The summed E-state index contributed by atoms with van der Waals surface area (Å²) in [6.45, 7) is 20.9. The number of hydrogen-bond acceptors (Lipinski definition) is 6. The van der Waals surface area contributed by atoms with Crippen LogP contribution in [-0.2, 0) is 16.5 Å². The van der Waals surface area contributed by atoms with E-state index < -0.39 is 42.3 Å². The van der Waals surface area contributed by atoms with Crippen LogP contribution in [0.25, 0.3) is 0 Å². The fourth-order valence-electron chi connectivity index (χ4n) is 4.87. The van der Waals surface area contributed by atoms with Crippen LogP contribution in [0.15, 0.2) is 72.9 Å². The molecule has 0 aliphatic carbocycles. The monoisotopic (exact) mass is 606 g/mol. The molecule has 11 heteroatoms. The third-order valence-corrected chi connectivity index (χ3v) is 26.3. The second kappa shape index (κ2) is 14.1. The third kappa shape index (κ3) is 9.89. The predicted octanol–water partition coefficient (Wildman–Crippen LogP) is 4.92. The summed E-state index contributed by atoms with van der Waals surface area (Å²) in [5.41, 5.74) is 13.6. The number of rotatable bonds is 17. The van der Waals surface area contributed by atoms with Crippen LogP contribution in [0, 0.1) is 0 Å². The lowest BCUT2D eigenvalue weighted by Gasteiger charge is -2.45. The Kier molecular flexibility index (Phi) is 12.3. The zero-order valence-corrected chi connectivity index (χ0v) is 29.6. The minimum Gasteiger partial charge on any atom is -0.436 e. The van der Waals surface area contributed by atoms with Crippen LogP contribution in [0.5, 0.6) is 0 Å². The molecule has 0 saturated heterocycles. The molecule has 2 aromatic rings. The van der Waals surface area contributed by atoms with Gasteiger partial charge >= 0.3 is 25.7 Å². The van der Waals surface area contributed by atoms with Crippen molar-refractivity contribution in [1.82, 2.24) is 0 Å². The normalized spacial score (nSPS) is 14.8. The molecular formula is C27H50N2O4Si5. The van der Waals surface area contributed by atoms with E-state index >= 15 is 0 Å². The highest BCUT2D eigenvalue weighted by Crippen LogP contribution is 2.29. The van der Waals surface area contributed by atoms with E-state index in [1.165, 1.54) is 0 Å². The molecule has 1 unspecified atom stereocenters. The molecule has 0 bridgehead atoms. The maximum absolute atomic E-state index is 7.36. The van der Waals surface area contributed by atoms with E-state index in [4.69, 9.17) is 27.9 Å². The predicted molar refractivity (Wildman–Crippen MR) is 173 cm³/mol. The van der Waals surface area contributed by atoms with Gasteiger partial charge in [0.25, 0.3) is 0 Å². The van der Waals surface area contributed by atoms with Crippen LogP contribution in [-0.4, -0.2) is 55.4 Å². The quantitative estimate of drug-likeness (QED) is 0.249. The Morgan fingerprint density at radius 1 is 0.632 bits per heavy atom. The lowest BCUT2D eigenvalue weighted by atomic mass is 10.4. The smallest absolute Gasteiger partial charge is 0.389 e. The SMILES string of the molecule is C=C[Si](C)(O[Si](C)(C)CCCN)O[Si](O[Si](C)(C)O[Si](C)(C)CCCN)(c1ccccc1)c1ccccc1. The maximum Gasteiger partial charge on any atom is 0.389 e. The molecule has 6 nitrogen and oxygen atoms in total. The van der Waals surface area contributed by atoms with Crippen molar-refractivity contribution in [3.63, 3.8) is 0 Å². The van der Waals surface area contributed by atoms with Crippen molar-refractivity contribution in [3.05, 3.63) is 72.9 Å². The largest absolute Gasteiger partial charge is 0.436 e. The minimum absolute atomic E-state index is 0.657. The average molecular weight is 607 g/mol. The fraction of sp³-hybridized carbons (Fsp3) is 0.481. The minimum atomic E-state index is -3.30. The van der Waals surface area contributed by atoms with E-state index in [2.05, 4.69) is 101 Å². The van der Waals surface area contributed by atoms with Crippen molar-refractivity contribution in [1.29, 1.82) is 0 Å². The van der Waals surface area contributed by atoms with Crippen molar-refractivity contribution in [2.24, 2.45) is 11.5 Å². The molecule has 1 atom stereocenters. The van der Waals surface area contributed by atoms with Crippen molar-refractivity contribution in [2.75, 3.05) is 13.1 Å². The van der Waals surface area contributed by atoms with Gasteiger partial charge in [-0.3, -0.25) is 0 Å². The lowest BCUT2D eigenvalue weighted by Crippen LogP contribution is -2.72. The summed E-state index contributed by atoms with van der Waals surface area (Å²) >= 11 is 0. The summed E-state index contributed by atoms with van der Waals surface area (Å²) in [5, 5.41) is 2.09. The molecule has 2 aromatic carbocycles. The molecule has 212 valence electrons. The maximum atomic E-state index is 7.36. The van der Waals surface area contributed by atoms with Crippen LogP contribution < -0.4 is 21.8 Å². The summed E-state index contributed by atoms with van der Waals surface area (Å²) in [7, 11) is -13.0. The first-order valence-electron chi connectivity index (χ1n) is 13.7. The zero-order chi connectivity index (χ0) is 28.5. The summed E-state index contributed by atoms with van der Waals surface area (Å²) in [6.07, 6.45) is 1.89. The highest BCUT2D eigenvalue weighted by molar-refractivity contribution is 7.03. The van der Waals surface area contributed by atoms with Gasteiger partial charge in [-0.15, -0.1) is 6.58 Å². The third-order valence-electron chi connectivity index (χ3n) is 6.38. The fourth-order valence-corrected chi connectivity index (χ4v) is 28.3. The zero-order valence-electron chi connectivity index (χ0n) is 24.6. The number of nitrogens with two attached hydrogens (primary N) is 2. The van der Waals surface area contributed by atoms with Gasteiger partial charge < -0.3 is 27.9 Å². The van der Waals surface area contributed by atoms with Crippen LogP contribution in [0.1, 0.15) is 12.8 Å². The first kappa shape index (κ1) is 33.2. The van der Waals surface area contributed by atoms with Gasteiger partial charge in [0.15, 0.2) is 16.6 Å². The molecular weight excluding hydrogens is 557 g/mol. The Morgan fingerprint density at radius 3 is 1.45 bits per heavy atom. The molecule has 0 radical (unpaired) electrons. The van der Waals surface area contributed by atoms with E-state index in [0.29, 0.717) is 13.1 Å². The van der Waals surface area contributed by atoms with E-state index in [1.807, 2.05) is 17.8 Å². The Morgan fingerprint density at radius 2 is 1.05 bits per heavy atom. The molecule has 2 rings (SSSR count). The number of benzene rings is 2. The molecule has 0 aliphatic heterocycles. The van der Waals surface area contributed by atoms with Crippen LogP contribution in [0.3, 0.4) is 0 Å². The summed E-state index contributed by atoms with van der Waals surface area (Å²) in [5.74, 6) is 0. The molecule has 0 aromatic heterocycles. The van der Waals surface area contributed by atoms with Crippen molar-refractivity contribution < 1.29 is 16.5 Å². The lowest BCUT2D eigenvalue weighted by molar-refractivity contribution is 0.312. The summed E-state index contributed by atoms with van der Waals surface area (Å²) in [6, 6.07) is 22.7. The second-order valence-corrected chi connectivity index (χ2v) is 30.6. The van der Waals surface area contributed by atoms with Crippen LogP contribution >= 0.6 is 0 Å². The Labute approximate surface area is 236 Å². The summed E-state index contributed by atoms with van der Waals surface area (Å²) in [4.78, 5) is 0. The van der Waals surface area contributed by atoms with Crippen molar-refractivity contribution >= 4 is 52.7 Å². The van der Waals surface area contributed by atoms with E-state index in [-0.39, 0.29) is 0 Å². The molecule has 4 N–H and O–H groups in total. The molecule has 0 heterocycles. The molecule has 0 fully saturated rings. The average Bonchev–Trinajstić information content (AvgIpc) is 2.86. The topological polar surface area (TPSA) is 89.0 Å². The van der Waals surface area contributed by atoms with Gasteiger partial charge in [-0.2, -0.15) is 0 Å². The van der Waals surface area contributed by atoms with Crippen LogP contribution in [0.2, 0.25) is 57.9 Å². The van der Waals surface area contributed by atoms with Gasteiger partial charge in [0.2, 0.25) is 0 Å².